The number of thiol groups is 1. The van der Waals surface area contributed by atoms with E-state index in [2.05, 4.69) is 24.2 Å². The van der Waals surface area contributed by atoms with Crippen LogP contribution in [-0.4, -0.2) is 13.4 Å². The third-order valence-electron chi connectivity index (χ3n) is 2.74. The molecule has 3 nitrogen and oxygen atoms in total. The lowest BCUT2D eigenvalue weighted by Crippen LogP contribution is -1.94. The third kappa shape index (κ3) is 2.66. The van der Waals surface area contributed by atoms with Crippen LogP contribution >= 0.6 is 11.8 Å². The van der Waals surface area contributed by atoms with Gasteiger partial charge in [-0.1, -0.05) is 29.8 Å². The van der Waals surface area contributed by atoms with E-state index in [1.807, 2.05) is 0 Å². The second kappa shape index (κ2) is 5.14. The van der Waals surface area contributed by atoms with Gasteiger partial charge in [0.1, 0.15) is 0 Å². The van der Waals surface area contributed by atoms with E-state index in [9.17, 15) is 8.42 Å². The Morgan fingerprint density at radius 1 is 1.47 bits per heavy atom. The summed E-state index contributed by atoms with van der Waals surface area (Å²) in [4.78, 5) is 4.56. The van der Waals surface area contributed by atoms with Crippen LogP contribution in [0.25, 0.3) is 4.91 Å². The average molecular weight is 269 g/mol. The van der Waals surface area contributed by atoms with Gasteiger partial charge in [0.25, 0.3) is 0 Å². The van der Waals surface area contributed by atoms with Crippen LogP contribution in [0.5, 0.6) is 0 Å². The largest absolute Gasteiger partial charge is 0.359 e. The van der Waals surface area contributed by atoms with Gasteiger partial charge in [-0.25, -0.2) is 8.42 Å². The zero-order valence-electron chi connectivity index (χ0n) is 9.82. The third-order valence-corrected chi connectivity index (χ3v) is 4.69. The monoisotopic (exact) mass is 269 g/mol. The minimum absolute atomic E-state index is 0.352. The standard InChI is InChI=1S/C12H15NO2S2/c1-3-9-4-8(2)7-16-12(9)11-5-10(6-13-11)17(14)15/h5-7,13,17H,3-4H2,1-2H3. The van der Waals surface area contributed by atoms with Crippen molar-refractivity contribution in [1.29, 1.82) is 0 Å². The molecule has 1 aromatic heterocycles. The first-order valence-electron chi connectivity index (χ1n) is 5.49. The maximum atomic E-state index is 10.9. The van der Waals surface area contributed by atoms with E-state index in [1.165, 1.54) is 16.1 Å². The predicted octanol–water partition coefficient (Wildman–Crippen LogP) is 3.15. The quantitative estimate of drug-likeness (QED) is 0.829. The number of H-pyrrole nitrogens is 1. The molecule has 1 aliphatic heterocycles. The lowest BCUT2D eigenvalue weighted by molar-refractivity contribution is 0.614. The zero-order chi connectivity index (χ0) is 12.4. The SMILES string of the molecule is CCC1=C(c2cc([SH](=O)=O)c[nH]2)SC=C(C)C1. The number of hydrogen-bond acceptors (Lipinski definition) is 3. The highest BCUT2D eigenvalue weighted by Gasteiger charge is 2.15. The smallest absolute Gasteiger partial charge is 0.169 e. The van der Waals surface area contributed by atoms with Crippen LogP contribution in [-0.2, 0) is 10.7 Å². The van der Waals surface area contributed by atoms with Crippen molar-refractivity contribution in [1.82, 2.24) is 4.98 Å². The van der Waals surface area contributed by atoms with E-state index >= 15 is 0 Å². The van der Waals surface area contributed by atoms with E-state index in [-0.39, 0.29) is 0 Å². The van der Waals surface area contributed by atoms with Crippen molar-refractivity contribution in [2.75, 3.05) is 0 Å². The van der Waals surface area contributed by atoms with Gasteiger partial charge in [0, 0.05) is 11.1 Å². The highest BCUT2D eigenvalue weighted by atomic mass is 32.2. The molecule has 5 heteroatoms. The van der Waals surface area contributed by atoms with Gasteiger partial charge in [-0.05, 0) is 31.2 Å². The average Bonchev–Trinajstić information content (AvgIpc) is 2.78. The molecule has 1 aliphatic rings. The van der Waals surface area contributed by atoms with Crippen LogP contribution in [0.15, 0.2) is 33.7 Å². The van der Waals surface area contributed by atoms with E-state index in [0.717, 1.165) is 18.5 Å². The van der Waals surface area contributed by atoms with Gasteiger partial charge < -0.3 is 4.98 Å². The van der Waals surface area contributed by atoms with Crippen molar-refractivity contribution in [3.8, 4) is 0 Å². The summed E-state index contributed by atoms with van der Waals surface area (Å²) in [5.74, 6) is 0. The van der Waals surface area contributed by atoms with Crippen LogP contribution in [0.1, 0.15) is 32.4 Å². The number of hydrogen-bond donors (Lipinski definition) is 2. The molecular formula is C12H15NO2S2. The van der Waals surface area contributed by atoms with Crippen molar-refractivity contribution in [2.24, 2.45) is 0 Å². The molecule has 0 amide bonds. The normalized spacial score (nSPS) is 16.5. The van der Waals surface area contributed by atoms with Gasteiger partial charge in [0.05, 0.1) is 10.6 Å². The maximum absolute atomic E-state index is 10.9. The summed E-state index contributed by atoms with van der Waals surface area (Å²) in [6.07, 6.45) is 3.52. The van der Waals surface area contributed by atoms with Crippen molar-refractivity contribution >= 4 is 27.4 Å². The van der Waals surface area contributed by atoms with Crippen molar-refractivity contribution in [2.45, 2.75) is 31.6 Å². The Bertz CT molecular complexity index is 557. The number of thioether (sulfide) groups is 1. The van der Waals surface area contributed by atoms with E-state index < -0.39 is 10.7 Å². The summed E-state index contributed by atoms with van der Waals surface area (Å²) >= 11 is 1.67. The van der Waals surface area contributed by atoms with Crippen LogP contribution in [0, 0.1) is 0 Å². The number of aromatic amines is 1. The number of nitrogens with one attached hydrogen (secondary N) is 1. The highest BCUT2D eigenvalue weighted by Crippen LogP contribution is 2.40. The minimum Gasteiger partial charge on any atom is -0.359 e. The summed E-state index contributed by atoms with van der Waals surface area (Å²) in [5.41, 5.74) is 3.63. The second-order valence-corrected chi connectivity index (χ2v) is 5.98. The molecule has 2 rings (SSSR count). The van der Waals surface area contributed by atoms with Gasteiger partial charge >= 0.3 is 0 Å². The Morgan fingerprint density at radius 2 is 2.24 bits per heavy atom. The molecule has 92 valence electrons. The Balaban J connectivity index is 2.37. The van der Waals surface area contributed by atoms with Gasteiger partial charge in [-0.2, -0.15) is 0 Å². The predicted molar refractivity (Wildman–Crippen MR) is 72.5 cm³/mol. The molecule has 0 radical (unpaired) electrons. The van der Waals surface area contributed by atoms with Crippen LogP contribution in [0.4, 0.5) is 0 Å². The molecule has 0 fully saturated rings. The molecule has 0 aromatic carbocycles. The lowest BCUT2D eigenvalue weighted by Gasteiger charge is -2.16. The summed E-state index contributed by atoms with van der Waals surface area (Å²) in [5, 5.41) is 2.13. The molecule has 0 unspecified atom stereocenters. The van der Waals surface area contributed by atoms with E-state index in [4.69, 9.17) is 0 Å². The Morgan fingerprint density at radius 3 is 2.82 bits per heavy atom. The van der Waals surface area contributed by atoms with Crippen molar-refractivity contribution in [3.05, 3.63) is 34.5 Å². The fraction of sp³-hybridized carbons (Fsp3) is 0.333. The van der Waals surface area contributed by atoms with E-state index in [1.54, 1.807) is 24.0 Å². The first-order valence-corrected chi connectivity index (χ1v) is 7.55. The van der Waals surface area contributed by atoms with Crippen LogP contribution < -0.4 is 0 Å². The molecular weight excluding hydrogens is 254 g/mol. The topological polar surface area (TPSA) is 49.9 Å². The van der Waals surface area contributed by atoms with Gasteiger partial charge in [0.2, 0.25) is 0 Å². The molecule has 1 aromatic rings. The summed E-state index contributed by atoms with van der Waals surface area (Å²) in [7, 11) is -2.50. The molecule has 2 heterocycles. The first-order chi connectivity index (χ1) is 8.11. The van der Waals surface area contributed by atoms with Gasteiger partial charge in [-0.15, -0.1) is 0 Å². The van der Waals surface area contributed by atoms with Crippen LogP contribution in [0.2, 0.25) is 0 Å². The second-order valence-electron chi connectivity index (χ2n) is 4.07. The fourth-order valence-corrected chi connectivity index (χ4v) is 3.30. The minimum atomic E-state index is -2.50. The summed E-state index contributed by atoms with van der Waals surface area (Å²) in [6.45, 7) is 4.25. The molecule has 0 bridgehead atoms. The molecule has 0 aliphatic carbocycles. The Labute approximate surface area is 107 Å². The molecule has 0 spiro atoms. The number of aromatic nitrogens is 1. The Hall–Kier alpha value is -0.940. The molecule has 1 N–H and O–H groups in total. The van der Waals surface area contributed by atoms with Crippen LogP contribution in [0.3, 0.4) is 0 Å². The maximum Gasteiger partial charge on any atom is 0.169 e. The first kappa shape index (κ1) is 12.5. The van der Waals surface area contributed by atoms with Gasteiger partial charge in [-0.3, -0.25) is 0 Å². The van der Waals surface area contributed by atoms with Gasteiger partial charge in [0.15, 0.2) is 10.7 Å². The fourth-order valence-electron chi connectivity index (χ4n) is 1.86. The Kier molecular flexibility index (Phi) is 3.79. The summed E-state index contributed by atoms with van der Waals surface area (Å²) < 4.78 is 21.8. The highest BCUT2D eigenvalue weighted by molar-refractivity contribution is 8.11. The molecule has 0 atom stereocenters. The number of allylic oxidation sites excluding steroid dienone is 2. The molecule has 0 saturated carbocycles. The van der Waals surface area contributed by atoms with E-state index in [0.29, 0.717) is 4.90 Å². The molecule has 0 saturated heterocycles. The summed E-state index contributed by atoms with van der Waals surface area (Å²) in [6, 6.07) is 1.71. The van der Waals surface area contributed by atoms with Crippen molar-refractivity contribution in [3.63, 3.8) is 0 Å². The zero-order valence-corrected chi connectivity index (χ0v) is 11.5. The molecule has 17 heavy (non-hydrogen) atoms. The van der Waals surface area contributed by atoms with Crippen molar-refractivity contribution < 1.29 is 8.42 Å². The lowest BCUT2D eigenvalue weighted by atomic mass is 10.0. The number of rotatable bonds is 3.